The van der Waals surface area contributed by atoms with Crippen LogP contribution in [-0.4, -0.2) is 7.11 Å². The molecule has 0 aliphatic heterocycles. The molecule has 0 atom stereocenters. The molecule has 2 nitrogen and oxygen atoms in total. The number of methoxy groups -OCH3 is 1. The minimum Gasteiger partial charge on any atom is -0.496 e. The summed E-state index contributed by atoms with van der Waals surface area (Å²) in [6.07, 6.45) is -0.167. The Morgan fingerprint density at radius 2 is 2.07 bits per heavy atom. The van der Waals surface area contributed by atoms with E-state index in [2.05, 4.69) is 0 Å². The Labute approximate surface area is 80.7 Å². The van der Waals surface area contributed by atoms with Crippen LogP contribution in [0.1, 0.15) is 11.1 Å². The molecule has 1 rings (SSSR count). The molecule has 4 heteroatoms. The van der Waals surface area contributed by atoms with Crippen molar-refractivity contribution in [2.45, 2.75) is 13.3 Å². The number of hydrogen-bond acceptors (Lipinski definition) is 2. The van der Waals surface area contributed by atoms with Crippen LogP contribution in [0.3, 0.4) is 0 Å². The first kappa shape index (κ1) is 10.5. The van der Waals surface area contributed by atoms with Gasteiger partial charge in [-0.1, -0.05) is 0 Å². The molecule has 0 saturated carbocycles. The summed E-state index contributed by atoms with van der Waals surface area (Å²) in [5.41, 5.74) is 0.138. The molecular weight excluding hydrogens is 188 g/mol. The summed E-state index contributed by atoms with van der Waals surface area (Å²) >= 11 is 0. The summed E-state index contributed by atoms with van der Waals surface area (Å²) in [5, 5.41) is 8.39. The van der Waals surface area contributed by atoms with E-state index in [1.165, 1.54) is 20.1 Å². The minimum atomic E-state index is -0.968. The third-order valence-electron chi connectivity index (χ3n) is 1.97. The molecule has 0 spiro atoms. The van der Waals surface area contributed by atoms with E-state index in [1.807, 2.05) is 0 Å². The van der Waals surface area contributed by atoms with Crippen LogP contribution in [0.25, 0.3) is 0 Å². The van der Waals surface area contributed by atoms with Crippen LogP contribution in [-0.2, 0) is 6.42 Å². The summed E-state index contributed by atoms with van der Waals surface area (Å²) in [7, 11) is 1.37. The van der Waals surface area contributed by atoms with Crippen molar-refractivity contribution in [3.63, 3.8) is 0 Å². The highest BCUT2D eigenvalue weighted by Crippen LogP contribution is 2.26. The van der Waals surface area contributed by atoms with E-state index >= 15 is 0 Å². The fourth-order valence-corrected chi connectivity index (χ4v) is 1.17. The molecule has 0 bridgehead atoms. The topological polar surface area (TPSA) is 33.0 Å². The van der Waals surface area contributed by atoms with Gasteiger partial charge in [0.25, 0.3) is 0 Å². The third-order valence-corrected chi connectivity index (χ3v) is 1.97. The summed E-state index contributed by atoms with van der Waals surface area (Å²) in [4.78, 5) is 0. The zero-order valence-electron chi connectivity index (χ0n) is 7.90. The number of halogens is 2. The molecule has 0 N–H and O–H groups in total. The molecule has 0 aliphatic carbocycles. The maximum absolute atomic E-state index is 13.2. The SMILES string of the molecule is COc1cc(CC#N)c(F)c(F)c1C. The van der Waals surface area contributed by atoms with Crippen LogP contribution in [0.4, 0.5) is 8.78 Å². The van der Waals surface area contributed by atoms with E-state index in [-0.39, 0.29) is 23.3 Å². The van der Waals surface area contributed by atoms with Gasteiger partial charge in [-0.05, 0) is 13.0 Å². The third kappa shape index (κ3) is 1.67. The number of nitriles is 1. The largest absolute Gasteiger partial charge is 0.496 e. The van der Waals surface area contributed by atoms with Gasteiger partial charge in [-0.15, -0.1) is 0 Å². The Morgan fingerprint density at radius 1 is 1.43 bits per heavy atom. The van der Waals surface area contributed by atoms with Gasteiger partial charge >= 0.3 is 0 Å². The van der Waals surface area contributed by atoms with Gasteiger partial charge in [0.05, 0.1) is 19.6 Å². The van der Waals surface area contributed by atoms with Crippen molar-refractivity contribution >= 4 is 0 Å². The van der Waals surface area contributed by atoms with E-state index in [0.29, 0.717) is 0 Å². The van der Waals surface area contributed by atoms with Crippen molar-refractivity contribution in [1.29, 1.82) is 5.26 Å². The van der Waals surface area contributed by atoms with Gasteiger partial charge in [0, 0.05) is 11.1 Å². The predicted octanol–water partition coefficient (Wildman–Crippen LogP) is 2.35. The normalized spacial score (nSPS) is 9.64. The zero-order chi connectivity index (χ0) is 10.7. The van der Waals surface area contributed by atoms with Crippen molar-refractivity contribution in [3.8, 4) is 11.8 Å². The van der Waals surface area contributed by atoms with Crippen molar-refractivity contribution in [2.24, 2.45) is 0 Å². The average molecular weight is 197 g/mol. The minimum absolute atomic E-state index is 0.0208. The maximum Gasteiger partial charge on any atom is 0.165 e. The quantitative estimate of drug-likeness (QED) is 0.729. The highest BCUT2D eigenvalue weighted by atomic mass is 19.2. The van der Waals surface area contributed by atoms with E-state index in [4.69, 9.17) is 10.00 Å². The lowest BCUT2D eigenvalue weighted by molar-refractivity contribution is 0.399. The van der Waals surface area contributed by atoms with Crippen LogP contribution >= 0.6 is 0 Å². The van der Waals surface area contributed by atoms with Crippen LogP contribution in [0.15, 0.2) is 6.07 Å². The number of ether oxygens (including phenoxy) is 1. The van der Waals surface area contributed by atoms with Gasteiger partial charge in [-0.3, -0.25) is 0 Å². The summed E-state index contributed by atoms with van der Waals surface area (Å²) in [6.45, 7) is 1.42. The molecule has 0 heterocycles. The molecular formula is C10H9F2NO. The monoisotopic (exact) mass is 197 g/mol. The molecule has 0 aromatic heterocycles. The van der Waals surface area contributed by atoms with E-state index in [0.717, 1.165) is 0 Å². The van der Waals surface area contributed by atoms with Crippen LogP contribution in [0.2, 0.25) is 0 Å². The second-order valence-corrected chi connectivity index (χ2v) is 2.83. The predicted molar refractivity (Wildman–Crippen MR) is 47.0 cm³/mol. The Hall–Kier alpha value is -1.63. The van der Waals surface area contributed by atoms with Crippen LogP contribution in [0.5, 0.6) is 5.75 Å². The summed E-state index contributed by atoms with van der Waals surface area (Å²) < 4.78 is 31.2. The lowest BCUT2D eigenvalue weighted by Gasteiger charge is -2.08. The second kappa shape index (κ2) is 4.05. The first-order valence-electron chi connectivity index (χ1n) is 4.00. The molecule has 1 aromatic carbocycles. The van der Waals surface area contributed by atoms with Gasteiger partial charge in [-0.25, -0.2) is 8.78 Å². The number of nitrogens with zero attached hydrogens (tertiary/aromatic N) is 1. The summed E-state index contributed by atoms with van der Waals surface area (Å²) in [6, 6.07) is 3.10. The molecule has 1 aromatic rings. The fraction of sp³-hybridized carbons (Fsp3) is 0.300. The lowest BCUT2D eigenvalue weighted by Crippen LogP contribution is -1.99. The highest BCUT2D eigenvalue weighted by molar-refractivity contribution is 5.39. The molecule has 0 amide bonds. The Bertz CT molecular complexity index is 396. The lowest BCUT2D eigenvalue weighted by atomic mass is 10.1. The number of rotatable bonds is 2. The van der Waals surface area contributed by atoms with Crippen LogP contribution in [0, 0.1) is 29.9 Å². The maximum atomic E-state index is 13.2. The van der Waals surface area contributed by atoms with Crippen molar-refractivity contribution in [1.82, 2.24) is 0 Å². The van der Waals surface area contributed by atoms with Gasteiger partial charge in [0.15, 0.2) is 11.6 Å². The molecule has 0 unspecified atom stereocenters. The number of hydrogen-bond donors (Lipinski definition) is 0. The smallest absolute Gasteiger partial charge is 0.165 e. The molecule has 14 heavy (non-hydrogen) atoms. The molecule has 0 radical (unpaired) electrons. The Kier molecular flexibility index (Phi) is 3.03. The van der Waals surface area contributed by atoms with Gasteiger partial charge in [0.1, 0.15) is 5.75 Å². The second-order valence-electron chi connectivity index (χ2n) is 2.83. The molecule has 0 saturated heterocycles. The Balaban J connectivity index is 3.34. The standard InChI is InChI=1S/C10H9F2NO/c1-6-8(14-2)5-7(3-4-13)10(12)9(6)11/h5H,3H2,1-2H3. The molecule has 74 valence electrons. The first-order valence-corrected chi connectivity index (χ1v) is 4.00. The van der Waals surface area contributed by atoms with Gasteiger partial charge in [0.2, 0.25) is 0 Å². The van der Waals surface area contributed by atoms with Gasteiger partial charge < -0.3 is 4.74 Å². The van der Waals surface area contributed by atoms with E-state index < -0.39 is 11.6 Å². The van der Waals surface area contributed by atoms with Gasteiger partial charge in [-0.2, -0.15) is 5.26 Å². The number of benzene rings is 1. The average Bonchev–Trinajstić information content (AvgIpc) is 2.19. The molecule has 0 aliphatic rings. The van der Waals surface area contributed by atoms with Crippen molar-refractivity contribution in [3.05, 3.63) is 28.8 Å². The van der Waals surface area contributed by atoms with Crippen molar-refractivity contribution in [2.75, 3.05) is 7.11 Å². The van der Waals surface area contributed by atoms with Crippen molar-refractivity contribution < 1.29 is 13.5 Å². The fourth-order valence-electron chi connectivity index (χ4n) is 1.17. The Morgan fingerprint density at radius 3 is 2.57 bits per heavy atom. The summed E-state index contributed by atoms with van der Waals surface area (Å²) in [5.74, 6) is -1.66. The van der Waals surface area contributed by atoms with Crippen LogP contribution < -0.4 is 4.74 Å². The van der Waals surface area contributed by atoms with E-state index in [1.54, 1.807) is 6.07 Å². The van der Waals surface area contributed by atoms with E-state index in [9.17, 15) is 8.78 Å². The zero-order valence-corrected chi connectivity index (χ0v) is 7.90. The highest BCUT2D eigenvalue weighted by Gasteiger charge is 2.15. The first-order chi connectivity index (χ1) is 6.61. The molecule has 0 fully saturated rings.